The summed E-state index contributed by atoms with van der Waals surface area (Å²) in [7, 11) is 2.13. The zero-order chi connectivity index (χ0) is 19.3. The van der Waals surface area contributed by atoms with Crippen LogP contribution in [0.5, 0.6) is 0 Å². The minimum atomic E-state index is -0.0772. The van der Waals surface area contributed by atoms with E-state index in [0.717, 1.165) is 57.3 Å². The fourth-order valence-corrected chi connectivity index (χ4v) is 3.92. The summed E-state index contributed by atoms with van der Waals surface area (Å²) >= 11 is 0. The van der Waals surface area contributed by atoms with Crippen molar-refractivity contribution < 1.29 is 4.79 Å². The number of likely N-dealkylation sites (tertiary alicyclic amines) is 1. The van der Waals surface area contributed by atoms with Crippen LogP contribution >= 0.6 is 17.0 Å². The largest absolute Gasteiger partial charge is 0.354 e. The summed E-state index contributed by atoms with van der Waals surface area (Å²) in [5.41, 5.74) is 2.73. The van der Waals surface area contributed by atoms with Crippen molar-refractivity contribution in [3.05, 3.63) is 53.7 Å². The molecular formula is C22H30BrN5O. The molecule has 156 valence electrons. The van der Waals surface area contributed by atoms with Crippen molar-refractivity contribution in [2.45, 2.75) is 19.4 Å². The van der Waals surface area contributed by atoms with Gasteiger partial charge in [-0.25, -0.2) is 4.98 Å². The van der Waals surface area contributed by atoms with E-state index in [1.807, 2.05) is 24.3 Å². The van der Waals surface area contributed by atoms with E-state index < -0.39 is 0 Å². The lowest BCUT2D eigenvalue weighted by atomic mass is 10.1. The van der Waals surface area contributed by atoms with Gasteiger partial charge in [-0.2, -0.15) is 0 Å². The molecule has 2 aliphatic rings. The van der Waals surface area contributed by atoms with E-state index in [2.05, 4.69) is 38.1 Å². The summed E-state index contributed by atoms with van der Waals surface area (Å²) < 4.78 is 0. The van der Waals surface area contributed by atoms with Crippen molar-refractivity contribution in [3.8, 4) is 0 Å². The third-order valence-corrected chi connectivity index (χ3v) is 5.69. The Hall–Kier alpha value is -1.96. The van der Waals surface area contributed by atoms with Crippen molar-refractivity contribution in [2.24, 2.45) is 0 Å². The summed E-state index contributed by atoms with van der Waals surface area (Å²) in [6.07, 6.45) is 4.26. The van der Waals surface area contributed by atoms with Gasteiger partial charge in [0, 0.05) is 50.2 Å². The molecule has 4 rings (SSSR count). The van der Waals surface area contributed by atoms with Crippen LogP contribution in [0, 0.1) is 0 Å². The number of rotatable bonds is 5. The molecule has 0 bridgehead atoms. The van der Waals surface area contributed by atoms with E-state index in [4.69, 9.17) is 0 Å². The van der Waals surface area contributed by atoms with Crippen LogP contribution in [0.25, 0.3) is 0 Å². The molecule has 0 atom stereocenters. The first kappa shape index (κ1) is 21.7. The molecule has 1 aromatic carbocycles. The van der Waals surface area contributed by atoms with Gasteiger partial charge in [-0.05, 0) is 56.7 Å². The number of piperazine rings is 1. The molecule has 7 heteroatoms. The first-order chi connectivity index (χ1) is 13.7. The van der Waals surface area contributed by atoms with Crippen LogP contribution in [-0.4, -0.2) is 67.0 Å². The zero-order valence-corrected chi connectivity index (χ0v) is 18.7. The average molecular weight is 460 g/mol. The third kappa shape index (κ3) is 5.56. The lowest BCUT2D eigenvalue weighted by Crippen LogP contribution is -2.44. The Labute approximate surface area is 183 Å². The van der Waals surface area contributed by atoms with E-state index >= 15 is 0 Å². The highest BCUT2D eigenvalue weighted by molar-refractivity contribution is 8.93. The predicted molar refractivity (Wildman–Crippen MR) is 123 cm³/mol. The van der Waals surface area contributed by atoms with Gasteiger partial charge in [0.25, 0.3) is 5.91 Å². The second kappa shape index (κ2) is 10.2. The Balaban J connectivity index is 0.00000240. The molecule has 2 saturated heterocycles. The smallest absolute Gasteiger partial charge is 0.255 e. The highest BCUT2D eigenvalue weighted by atomic mass is 79.9. The predicted octanol–water partition coefficient (Wildman–Crippen LogP) is 3.26. The number of halogens is 1. The molecule has 0 radical (unpaired) electrons. The molecule has 2 aromatic rings. The van der Waals surface area contributed by atoms with Crippen molar-refractivity contribution in [3.63, 3.8) is 0 Å². The standard InChI is InChI=1S/C22H29N5O.BrH/c1-25-12-14-27(15-13-25)21-16-18(8-9-23-21)22(28)24-20-7-3-2-6-19(20)17-26-10-4-5-11-26;/h2-3,6-9,16H,4-5,10-15,17H2,1H3,(H,24,28);1H. The van der Waals surface area contributed by atoms with E-state index in [1.54, 1.807) is 12.3 Å². The number of likely N-dealkylation sites (N-methyl/N-ethyl adjacent to an activating group) is 1. The molecule has 0 unspecified atom stereocenters. The summed E-state index contributed by atoms with van der Waals surface area (Å²) in [6.45, 7) is 7.08. The van der Waals surface area contributed by atoms with E-state index in [-0.39, 0.29) is 22.9 Å². The van der Waals surface area contributed by atoms with E-state index in [0.29, 0.717) is 5.56 Å². The summed E-state index contributed by atoms with van der Waals surface area (Å²) in [5, 5.41) is 3.12. The summed E-state index contributed by atoms with van der Waals surface area (Å²) in [6, 6.07) is 11.8. The van der Waals surface area contributed by atoms with Crippen LogP contribution in [0.15, 0.2) is 42.6 Å². The number of aromatic nitrogens is 1. The van der Waals surface area contributed by atoms with Crippen molar-refractivity contribution in [1.29, 1.82) is 0 Å². The number of anilines is 2. The Morgan fingerprint density at radius 2 is 1.76 bits per heavy atom. The Morgan fingerprint density at radius 3 is 2.52 bits per heavy atom. The molecule has 0 saturated carbocycles. The molecule has 0 aliphatic carbocycles. The fourth-order valence-electron chi connectivity index (χ4n) is 3.92. The number of nitrogens with one attached hydrogen (secondary N) is 1. The highest BCUT2D eigenvalue weighted by Gasteiger charge is 2.18. The van der Waals surface area contributed by atoms with Gasteiger partial charge in [0.1, 0.15) is 5.82 Å². The van der Waals surface area contributed by atoms with Gasteiger partial charge in [0.2, 0.25) is 0 Å². The maximum atomic E-state index is 12.9. The van der Waals surface area contributed by atoms with Gasteiger partial charge in [-0.3, -0.25) is 9.69 Å². The van der Waals surface area contributed by atoms with Crippen molar-refractivity contribution >= 4 is 34.4 Å². The molecule has 29 heavy (non-hydrogen) atoms. The first-order valence-corrected chi connectivity index (χ1v) is 10.2. The molecule has 6 nitrogen and oxygen atoms in total. The normalized spacial score (nSPS) is 17.8. The number of pyridine rings is 1. The van der Waals surface area contributed by atoms with Gasteiger partial charge in [-0.1, -0.05) is 18.2 Å². The minimum Gasteiger partial charge on any atom is -0.354 e. The lowest BCUT2D eigenvalue weighted by molar-refractivity contribution is 0.102. The average Bonchev–Trinajstić information content (AvgIpc) is 3.23. The van der Waals surface area contributed by atoms with Crippen LogP contribution in [0.3, 0.4) is 0 Å². The number of amides is 1. The first-order valence-electron chi connectivity index (χ1n) is 10.2. The maximum Gasteiger partial charge on any atom is 0.255 e. The van der Waals surface area contributed by atoms with Gasteiger partial charge >= 0.3 is 0 Å². The number of benzene rings is 1. The van der Waals surface area contributed by atoms with Crippen LogP contribution in [0.2, 0.25) is 0 Å². The molecular weight excluding hydrogens is 430 g/mol. The molecule has 1 aromatic heterocycles. The lowest BCUT2D eigenvalue weighted by Gasteiger charge is -2.33. The molecule has 0 spiro atoms. The molecule has 1 N–H and O–H groups in total. The maximum absolute atomic E-state index is 12.9. The Morgan fingerprint density at radius 1 is 1.03 bits per heavy atom. The van der Waals surface area contributed by atoms with Gasteiger partial charge in [0.15, 0.2) is 0 Å². The van der Waals surface area contributed by atoms with Gasteiger partial charge < -0.3 is 15.1 Å². The third-order valence-electron chi connectivity index (χ3n) is 5.69. The number of hydrogen-bond acceptors (Lipinski definition) is 5. The minimum absolute atomic E-state index is 0. The zero-order valence-electron chi connectivity index (χ0n) is 17.0. The SMILES string of the molecule is Br.CN1CCN(c2cc(C(=O)Nc3ccccc3CN3CCCC3)ccn2)CC1. The van der Waals surface area contributed by atoms with Gasteiger partial charge in [-0.15, -0.1) is 17.0 Å². The quantitative estimate of drug-likeness (QED) is 0.743. The molecule has 1 amide bonds. The van der Waals surface area contributed by atoms with Crippen molar-refractivity contribution in [1.82, 2.24) is 14.8 Å². The summed E-state index contributed by atoms with van der Waals surface area (Å²) in [4.78, 5) is 24.4. The van der Waals surface area contributed by atoms with Crippen LogP contribution in [0.4, 0.5) is 11.5 Å². The van der Waals surface area contributed by atoms with E-state index in [1.165, 1.54) is 18.4 Å². The fraction of sp³-hybridized carbons (Fsp3) is 0.455. The van der Waals surface area contributed by atoms with Gasteiger partial charge in [0.05, 0.1) is 0 Å². The number of para-hydroxylation sites is 1. The highest BCUT2D eigenvalue weighted by Crippen LogP contribution is 2.21. The Bertz CT molecular complexity index is 816. The van der Waals surface area contributed by atoms with Crippen molar-refractivity contribution in [2.75, 3.05) is 56.5 Å². The van der Waals surface area contributed by atoms with Crippen LogP contribution in [-0.2, 0) is 6.54 Å². The molecule has 2 aliphatic heterocycles. The monoisotopic (exact) mass is 459 g/mol. The molecule has 3 heterocycles. The second-order valence-electron chi connectivity index (χ2n) is 7.79. The van der Waals surface area contributed by atoms with E-state index in [9.17, 15) is 4.79 Å². The number of hydrogen-bond donors (Lipinski definition) is 1. The summed E-state index contributed by atoms with van der Waals surface area (Å²) in [5.74, 6) is 0.803. The second-order valence-corrected chi connectivity index (χ2v) is 7.79. The number of nitrogens with zero attached hydrogens (tertiary/aromatic N) is 4. The molecule has 2 fully saturated rings. The number of carbonyl (C=O) groups excluding carboxylic acids is 1. The Kier molecular flexibility index (Phi) is 7.64. The van der Waals surface area contributed by atoms with Crippen LogP contribution < -0.4 is 10.2 Å². The topological polar surface area (TPSA) is 51.7 Å². The van der Waals surface area contributed by atoms with Crippen LogP contribution in [0.1, 0.15) is 28.8 Å². The number of carbonyl (C=O) groups is 1.